The summed E-state index contributed by atoms with van der Waals surface area (Å²) >= 11 is 0. The third-order valence-electron chi connectivity index (χ3n) is 5.11. The summed E-state index contributed by atoms with van der Waals surface area (Å²) in [5.74, 6) is 0.0261. The van der Waals surface area contributed by atoms with E-state index >= 15 is 0 Å². The van der Waals surface area contributed by atoms with Gasteiger partial charge < -0.3 is 5.32 Å². The molecular weight excluding hydrogens is 374 g/mol. The zero-order valence-electron chi connectivity index (χ0n) is 16.4. The molecule has 0 saturated carbocycles. The van der Waals surface area contributed by atoms with Crippen molar-refractivity contribution in [3.8, 4) is 0 Å². The number of aryl methyl sites for hydroxylation is 1. The molecule has 3 rings (SSSR count). The summed E-state index contributed by atoms with van der Waals surface area (Å²) in [5.41, 5.74) is 3.57. The predicted molar refractivity (Wildman–Crippen MR) is 112 cm³/mol. The van der Waals surface area contributed by atoms with Gasteiger partial charge in [0.05, 0.1) is 5.75 Å². The van der Waals surface area contributed by atoms with Crippen molar-refractivity contribution >= 4 is 21.6 Å². The van der Waals surface area contributed by atoms with E-state index in [0.29, 0.717) is 18.7 Å². The molecule has 1 aliphatic heterocycles. The first-order valence-corrected chi connectivity index (χ1v) is 11.2. The van der Waals surface area contributed by atoms with E-state index in [1.807, 2.05) is 55.5 Å². The summed E-state index contributed by atoms with van der Waals surface area (Å²) in [6, 6.07) is 15.3. The Morgan fingerprint density at radius 3 is 2.25 bits per heavy atom. The van der Waals surface area contributed by atoms with E-state index < -0.39 is 10.0 Å². The fraction of sp³-hybridized carbons (Fsp3) is 0.381. The highest BCUT2D eigenvalue weighted by atomic mass is 32.2. The van der Waals surface area contributed by atoms with Crippen molar-refractivity contribution in [1.82, 2.24) is 9.21 Å². The molecule has 28 heavy (non-hydrogen) atoms. The minimum atomic E-state index is -3.10. The maximum absolute atomic E-state index is 12.4. The highest BCUT2D eigenvalue weighted by molar-refractivity contribution is 7.89. The number of carbonyl (C=O) groups excluding carboxylic acids is 1. The summed E-state index contributed by atoms with van der Waals surface area (Å²) < 4.78 is 25.5. The molecule has 0 radical (unpaired) electrons. The third kappa shape index (κ3) is 4.98. The monoisotopic (exact) mass is 401 g/mol. The SMILES string of the molecule is CCS(=O)(=O)N1CCN(Cc2ccc(C(=O)Nc3ccccc3C)cc2)CC1. The van der Waals surface area contributed by atoms with E-state index in [0.717, 1.165) is 36.4 Å². The molecule has 0 atom stereocenters. The van der Waals surface area contributed by atoms with Gasteiger partial charge in [0.15, 0.2) is 0 Å². The number of hydrogen-bond acceptors (Lipinski definition) is 4. The Hall–Kier alpha value is -2.22. The number of nitrogens with zero attached hydrogens (tertiary/aromatic N) is 2. The van der Waals surface area contributed by atoms with Crippen LogP contribution >= 0.6 is 0 Å². The predicted octanol–water partition coefficient (Wildman–Crippen LogP) is 2.71. The molecule has 1 fully saturated rings. The average Bonchev–Trinajstić information content (AvgIpc) is 2.70. The first-order valence-electron chi connectivity index (χ1n) is 9.55. The molecule has 2 aromatic carbocycles. The molecule has 0 spiro atoms. The lowest BCUT2D eigenvalue weighted by Gasteiger charge is -2.33. The van der Waals surface area contributed by atoms with Crippen molar-refractivity contribution in [2.24, 2.45) is 0 Å². The molecule has 6 nitrogen and oxygen atoms in total. The molecule has 1 amide bonds. The first-order chi connectivity index (χ1) is 13.4. The molecule has 1 aliphatic rings. The van der Waals surface area contributed by atoms with Crippen LogP contribution in [0.5, 0.6) is 0 Å². The molecule has 0 bridgehead atoms. The number of benzene rings is 2. The van der Waals surface area contributed by atoms with Gasteiger partial charge in [0.25, 0.3) is 5.91 Å². The second-order valence-electron chi connectivity index (χ2n) is 7.04. The topological polar surface area (TPSA) is 69.7 Å². The third-order valence-corrected chi connectivity index (χ3v) is 6.99. The van der Waals surface area contributed by atoms with Crippen LogP contribution in [0.1, 0.15) is 28.4 Å². The Balaban J connectivity index is 1.55. The molecule has 0 aliphatic carbocycles. The summed E-state index contributed by atoms with van der Waals surface area (Å²) in [4.78, 5) is 14.7. The van der Waals surface area contributed by atoms with Crippen molar-refractivity contribution in [3.63, 3.8) is 0 Å². The Kier molecular flexibility index (Phi) is 6.49. The first kappa shape index (κ1) is 20.5. The minimum Gasteiger partial charge on any atom is -0.322 e. The number of sulfonamides is 1. The molecule has 0 aromatic heterocycles. The lowest BCUT2D eigenvalue weighted by atomic mass is 10.1. The van der Waals surface area contributed by atoms with Gasteiger partial charge in [-0.3, -0.25) is 9.69 Å². The minimum absolute atomic E-state index is 0.126. The van der Waals surface area contributed by atoms with Crippen LogP contribution in [0, 0.1) is 6.92 Å². The summed E-state index contributed by atoms with van der Waals surface area (Å²) in [5, 5.41) is 2.94. The van der Waals surface area contributed by atoms with E-state index in [4.69, 9.17) is 0 Å². The highest BCUT2D eigenvalue weighted by Gasteiger charge is 2.25. The van der Waals surface area contributed by atoms with Gasteiger partial charge in [-0.25, -0.2) is 8.42 Å². The molecule has 150 valence electrons. The number of carbonyl (C=O) groups is 1. The normalized spacial score (nSPS) is 16.1. The van der Waals surface area contributed by atoms with E-state index in [-0.39, 0.29) is 11.7 Å². The van der Waals surface area contributed by atoms with Gasteiger partial charge in [-0.05, 0) is 43.2 Å². The number of piperazine rings is 1. The van der Waals surface area contributed by atoms with Crippen LogP contribution < -0.4 is 5.32 Å². The smallest absolute Gasteiger partial charge is 0.255 e. The molecule has 0 unspecified atom stereocenters. The average molecular weight is 402 g/mol. The molecule has 2 aromatic rings. The fourth-order valence-corrected chi connectivity index (χ4v) is 4.36. The number of anilines is 1. The van der Waals surface area contributed by atoms with Crippen LogP contribution in [0.2, 0.25) is 0 Å². The van der Waals surface area contributed by atoms with Crippen molar-refractivity contribution in [3.05, 3.63) is 65.2 Å². The zero-order chi connectivity index (χ0) is 20.1. The van der Waals surface area contributed by atoms with Gasteiger partial charge in [-0.15, -0.1) is 0 Å². The van der Waals surface area contributed by atoms with Gasteiger partial charge in [0.1, 0.15) is 0 Å². The van der Waals surface area contributed by atoms with Crippen molar-refractivity contribution in [2.75, 3.05) is 37.2 Å². The van der Waals surface area contributed by atoms with E-state index in [1.54, 1.807) is 11.2 Å². The van der Waals surface area contributed by atoms with Crippen molar-refractivity contribution in [2.45, 2.75) is 20.4 Å². The Morgan fingerprint density at radius 2 is 1.64 bits per heavy atom. The molecule has 1 heterocycles. The molecule has 1 saturated heterocycles. The zero-order valence-corrected chi connectivity index (χ0v) is 17.2. The largest absolute Gasteiger partial charge is 0.322 e. The van der Waals surface area contributed by atoms with Crippen LogP contribution in [0.3, 0.4) is 0 Å². The summed E-state index contributed by atoms with van der Waals surface area (Å²) in [6.45, 7) is 6.89. The van der Waals surface area contributed by atoms with Gasteiger partial charge in [0, 0.05) is 44.0 Å². The van der Waals surface area contributed by atoms with E-state index in [9.17, 15) is 13.2 Å². The Morgan fingerprint density at radius 1 is 1.00 bits per heavy atom. The Bertz CT molecular complexity index is 918. The maximum atomic E-state index is 12.4. The van der Waals surface area contributed by atoms with Gasteiger partial charge in [0.2, 0.25) is 10.0 Å². The summed E-state index contributed by atoms with van der Waals surface area (Å²) in [7, 11) is -3.10. The summed E-state index contributed by atoms with van der Waals surface area (Å²) in [6.07, 6.45) is 0. The second-order valence-corrected chi connectivity index (χ2v) is 9.30. The number of amides is 1. The van der Waals surface area contributed by atoms with Crippen molar-refractivity contribution < 1.29 is 13.2 Å². The lowest BCUT2D eigenvalue weighted by molar-refractivity contribution is 0.102. The van der Waals surface area contributed by atoms with Crippen LogP contribution in [0.25, 0.3) is 0 Å². The second kappa shape index (κ2) is 8.86. The van der Waals surface area contributed by atoms with Crippen LogP contribution in [0.4, 0.5) is 5.69 Å². The number of rotatable bonds is 6. The fourth-order valence-electron chi connectivity index (χ4n) is 3.28. The maximum Gasteiger partial charge on any atom is 0.255 e. The highest BCUT2D eigenvalue weighted by Crippen LogP contribution is 2.16. The molecule has 7 heteroatoms. The van der Waals surface area contributed by atoms with Gasteiger partial charge in [-0.1, -0.05) is 30.3 Å². The van der Waals surface area contributed by atoms with E-state index in [1.165, 1.54) is 0 Å². The van der Waals surface area contributed by atoms with Gasteiger partial charge in [-0.2, -0.15) is 4.31 Å². The molecule has 1 N–H and O–H groups in total. The van der Waals surface area contributed by atoms with Crippen LogP contribution in [-0.2, 0) is 16.6 Å². The van der Waals surface area contributed by atoms with Gasteiger partial charge >= 0.3 is 0 Å². The number of para-hydroxylation sites is 1. The number of nitrogens with one attached hydrogen (secondary N) is 1. The van der Waals surface area contributed by atoms with Crippen molar-refractivity contribution in [1.29, 1.82) is 0 Å². The standard InChI is InChI=1S/C21H27N3O3S/c1-3-28(26,27)24-14-12-23(13-15-24)16-18-8-10-19(11-9-18)21(25)22-20-7-5-4-6-17(20)2/h4-11H,3,12-16H2,1-2H3,(H,22,25). The number of hydrogen-bond donors (Lipinski definition) is 1. The van der Waals surface area contributed by atoms with Crippen LogP contribution in [0.15, 0.2) is 48.5 Å². The quantitative estimate of drug-likeness (QED) is 0.808. The molecular formula is C21H27N3O3S. The van der Waals surface area contributed by atoms with Crippen LogP contribution in [-0.4, -0.2) is 55.5 Å². The Labute approximate surface area is 167 Å². The van der Waals surface area contributed by atoms with E-state index in [2.05, 4.69) is 10.2 Å². The lowest BCUT2D eigenvalue weighted by Crippen LogP contribution is -2.48.